The van der Waals surface area contributed by atoms with Crippen LogP contribution in [-0.2, 0) is 6.18 Å². The van der Waals surface area contributed by atoms with Crippen molar-refractivity contribution in [1.82, 2.24) is 9.97 Å². The SMILES string of the molecule is O=C(Nc1cc(C(F)(F)F)ccc1F)c1cnccn1. The Morgan fingerprint density at radius 3 is 2.55 bits per heavy atom. The molecule has 8 heteroatoms. The van der Waals surface area contributed by atoms with Crippen molar-refractivity contribution in [2.24, 2.45) is 0 Å². The summed E-state index contributed by atoms with van der Waals surface area (Å²) < 4.78 is 50.9. The predicted octanol–water partition coefficient (Wildman–Crippen LogP) is 2.89. The topological polar surface area (TPSA) is 54.9 Å². The molecule has 0 saturated heterocycles. The summed E-state index contributed by atoms with van der Waals surface area (Å²) >= 11 is 0. The number of anilines is 1. The number of halogens is 4. The average Bonchev–Trinajstić information content (AvgIpc) is 2.41. The van der Waals surface area contributed by atoms with Crippen LogP contribution in [0, 0.1) is 5.82 Å². The van der Waals surface area contributed by atoms with Gasteiger partial charge in [0, 0.05) is 12.4 Å². The first-order valence-electron chi connectivity index (χ1n) is 5.32. The van der Waals surface area contributed by atoms with Gasteiger partial charge in [-0.2, -0.15) is 13.2 Å². The van der Waals surface area contributed by atoms with E-state index in [1.54, 1.807) is 0 Å². The zero-order chi connectivity index (χ0) is 14.8. The van der Waals surface area contributed by atoms with E-state index in [0.29, 0.717) is 18.2 Å². The van der Waals surface area contributed by atoms with Crippen molar-refractivity contribution in [3.05, 3.63) is 53.9 Å². The lowest BCUT2D eigenvalue weighted by molar-refractivity contribution is -0.137. The molecule has 20 heavy (non-hydrogen) atoms. The van der Waals surface area contributed by atoms with Crippen LogP contribution in [0.1, 0.15) is 16.1 Å². The van der Waals surface area contributed by atoms with Crippen LogP contribution in [0.25, 0.3) is 0 Å². The number of aromatic nitrogens is 2. The molecule has 0 atom stereocenters. The van der Waals surface area contributed by atoms with Gasteiger partial charge in [0.05, 0.1) is 17.4 Å². The molecule has 2 rings (SSSR count). The fourth-order valence-corrected chi connectivity index (χ4v) is 1.40. The number of alkyl halides is 3. The summed E-state index contributed by atoms with van der Waals surface area (Å²) in [6.45, 7) is 0. The molecule has 0 aliphatic rings. The van der Waals surface area contributed by atoms with Crippen molar-refractivity contribution in [2.45, 2.75) is 6.18 Å². The van der Waals surface area contributed by atoms with Gasteiger partial charge >= 0.3 is 6.18 Å². The highest BCUT2D eigenvalue weighted by Gasteiger charge is 2.31. The molecule has 1 aromatic carbocycles. The van der Waals surface area contributed by atoms with E-state index in [-0.39, 0.29) is 5.69 Å². The molecule has 0 bridgehead atoms. The van der Waals surface area contributed by atoms with Crippen molar-refractivity contribution < 1.29 is 22.4 Å². The lowest BCUT2D eigenvalue weighted by Gasteiger charge is -2.10. The second-order valence-corrected chi connectivity index (χ2v) is 3.74. The maximum absolute atomic E-state index is 13.4. The normalized spacial score (nSPS) is 11.2. The largest absolute Gasteiger partial charge is 0.416 e. The molecular weight excluding hydrogens is 278 g/mol. The maximum Gasteiger partial charge on any atom is 0.416 e. The van der Waals surface area contributed by atoms with E-state index in [0.717, 1.165) is 6.20 Å². The number of rotatable bonds is 2. The van der Waals surface area contributed by atoms with Crippen LogP contribution in [0.2, 0.25) is 0 Å². The van der Waals surface area contributed by atoms with Gasteiger partial charge in [-0.25, -0.2) is 9.37 Å². The average molecular weight is 285 g/mol. The Hall–Kier alpha value is -2.51. The summed E-state index contributed by atoms with van der Waals surface area (Å²) in [6.07, 6.45) is -0.959. The summed E-state index contributed by atoms with van der Waals surface area (Å²) in [5.41, 5.74) is -1.77. The fourth-order valence-electron chi connectivity index (χ4n) is 1.40. The Morgan fingerprint density at radius 1 is 1.20 bits per heavy atom. The van der Waals surface area contributed by atoms with Gasteiger partial charge in [-0.05, 0) is 18.2 Å². The van der Waals surface area contributed by atoms with Crippen LogP contribution < -0.4 is 5.32 Å². The molecule has 2 aromatic rings. The highest BCUT2D eigenvalue weighted by atomic mass is 19.4. The summed E-state index contributed by atoms with van der Waals surface area (Å²) in [4.78, 5) is 19.0. The van der Waals surface area contributed by atoms with Crippen LogP contribution in [-0.4, -0.2) is 15.9 Å². The van der Waals surface area contributed by atoms with E-state index in [9.17, 15) is 22.4 Å². The van der Waals surface area contributed by atoms with E-state index < -0.39 is 29.2 Å². The molecule has 1 N–H and O–H groups in total. The van der Waals surface area contributed by atoms with Crippen LogP contribution in [0.3, 0.4) is 0 Å². The minimum absolute atomic E-state index is 0.135. The number of nitrogens with one attached hydrogen (secondary N) is 1. The standard InChI is InChI=1S/C12H7F4N3O/c13-8-2-1-7(12(14,15)16)5-9(8)19-11(20)10-6-17-3-4-18-10/h1-6H,(H,19,20). The lowest BCUT2D eigenvalue weighted by atomic mass is 10.2. The van der Waals surface area contributed by atoms with Crippen LogP contribution in [0.5, 0.6) is 0 Å². The van der Waals surface area contributed by atoms with Crippen molar-refractivity contribution in [1.29, 1.82) is 0 Å². The van der Waals surface area contributed by atoms with Crippen molar-refractivity contribution in [3.63, 3.8) is 0 Å². The van der Waals surface area contributed by atoms with Gasteiger partial charge < -0.3 is 5.32 Å². The van der Waals surface area contributed by atoms with Crippen molar-refractivity contribution in [2.75, 3.05) is 5.32 Å². The number of hydrogen-bond donors (Lipinski definition) is 1. The molecule has 0 radical (unpaired) electrons. The van der Waals surface area contributed by atoms with Crippen molar-refractivity contribution >= 4 is 11.6 Å². The molecule has 0 spiro atoms. The molecule has 104 valence electrons. The molecule has 0 unspecified atom stereocenters. The molecular formula is C12H7F4N3O. The van der Waals surface area contributed by atoms with Crippen LogP contribution >= 0.6 is 0 Å². The Bertz CT molecular complexity index is 628. The van der Waals surface area contributed by atoms with Crippen LogP contribution in [0.15, 0.2) is 36.8 Å². The van der Waals surface area contributed by atoms with E-state index in [1.807, 2.05) is 5.32 Å². The fraction of sp³-hybridized carbons (Fsp3) is 0.0833. The molecule has 0 aliphatic heterocycles. The van der Waals surface area contributed by atoms with Gasteiger partial charge in [0.25, 0.3) is 5.91 Å². The highest BCUT2D eigenvalue weighted by Crippen LogP contribution is 2.31. The molecule has 1 aromatic heterocycles. The zero-order valence-corrected chi connectivity index (χ0v) is 9.78. The third-order valence-corrected chi connectivity index (χ3v) is 2.34. The maximum atomic E-state index is 13.4. The van der Waals surface area contributed by atoms with Gasteiger partial charge in [-0.3, -0.25) is 9.78 Å². The lowest BCUT2D eigenvalue weighted by Crippen LogP contribution is -2.16. The first-order valence-corrected chi connectivity index (χ1v) is 5.32. The van der Waals surface area contributed by atoms with E-state index >= 15 is 0 Å². The monoisotopic (exact) mass is 285 g/mol. The van der Waals surface area contributed by atoms with Gasteiger partial charge in [-0.15, -0.1) is 0 Å². The second kappa shape index (κ2) is 5.24. The van der Waals surface area contributed by atoms with E-state index in [4.69, 9.17) is 0 Å². The van der Waals surface area contributed by atoms with Gasteiger partial charge in [0.15, 0.2) is 0 Å². The Morgan fingerprint density at radius 2 is 1.95 bits per heavy atom. The summed E-state index contributed by atoms with van der Waals surface area (Å²) in [5.74, 6) is -1.83. The second-order valence-electron chi connectivity index (χ2n) is 3.74. The van der Waals surface area contributed by atoms with Gasteiger partial charge in [0.1, 0.15) is 11.5 Å². The van der Waals surface area contributed by atoms with Crippen LogP contribution in [0.4, 0.5) is 23.2 Å². The molecule has 1 amide bonds. The van der Waals surface area contributed by atoms with Gasteiger partial charge in [0.2, 0.25) is 0 Å². The predicted molar refractivity (Wildman–Crippen MR) is 61.4 cm³/mol. The first-order chi connectivity index (χ1) is 9.38. The quantitative estimate of drug-likeness (QED) is 0.863. The Balaban J connectivity index is 2.27. The molecule has 0 aliphatic carbocycles. The summed E-state index contributed by atoms with van der Waals surface area (Å²) in [5, 5.41) is 2.02. The zero-order valence-electron chi connectivity index (χ0n) is 9.78. The minimum Gasteiger partial charge on any atom is -0.318 e. The molecule has 0 fully saturated rings. The first kappa shape index (κ1) is 13.9. The third-order valence-electron chi connectivity index (χ3n) is 2.34. The number of hydrogen-bond acceptors (Lipinski definition) is 3. The number of carbonyl (C=O) groups excluding carboxylic acids is 1. The number of nitrogens with zero attached hydrogens (tertiary/aromatic N) is 2. The summed E-state index contributed by atoms with van der Waals surface area (Å²) in [6, 6.07) is 1.74. The van der Waals surface area contributed by atoms with E-state index in [1.165, 1.54) is 12.4 Å². The number of carbonyl (C=O) groups is 1. The van der Waals surface area contributed by atoms with Gasteiger partial charge in [-0.1, -0.05) is 0 Å². The number of benzene rings is 1. The smallest absolute Gasteiger partial charge is 0.318 e. The Kier molecular flexibility index (Phi) is 3.64. The van der Waals surface area contributed by atoms with E-state index in [2.05, 4.69) is 9.97 Å². The molecule has 4 nitrogen and oxygen atoms in total. The number of amides is 1. The summed E-state index contributed by atoms with van der Waals surface area (Å²) in [7, 11) is 0. The van der Waals surface area contributed by atoms with Crippen molar-refractivity contribution in [3.8, 4) is 0 Å². The molecule has 0 saturated carbocycles. The third kappa shape index (κ3) is 3.08. The molecule has 1 heterocycles. The minimum atomic E-state index is -4.63. The highest BCUT2D eigenvalue weighted by molar-refractivity contribution is 6.02. The Labute approximate surface area is 110 Å².